The van der Waals surface area contributed by atoms with Gasteiger partial charge in [0, 0.05) is 19.3 Å². The van der Waals surface area contributed by atoms with Gasteiger partial charge in [-0.25, -0.2) is 13.4 Å². The maximum atomic E-state index is 12.5. The molecule has 0 atom stereocenters. The lowest BCUT2D eigenvalue weighted by Gasteiger charge is -2.19. The second-order valence-electron chi connectivity index (χ2n) is 4.68. The minimum Gasteiger partial charge on any atom is -0.387 e. The Kier molecular flexibility index (Phi) is 5.70. The second kappa shape index (κ2) is 6.85. The molecule has 0 aliphatic rings. The van der Waals surface area contributed by atoms with Gasteiger partial charge >= 0.3 is 0 Å². The van der Waals surface area contributed by atoms with Gasteiger partial charge in [-0.15, -0.1) is 0 Å². The molecule has 7 nitrogen and oxygen atoms in total. The van der Waals surface area contributed by atoms with E-state index in [0.717, 1.165) is 13.0 Å². The first-order chi connectivity index (χ1) is 9.32. The highest BCUT2D eigenvalue weighted by atomic mass is 32.2. The van der Waals surface area contributed by atoms with Crippen molar-refractivity contribution in [3.8, 4) is 0 Å². The van der Waals surface area contributed by atoms with E-state index in [1.165, 1.54) is 4.31 Å². The number of amidine groups is 1. The summed E-state index contributed by atoms with van der Waals surface area (Å²) in [5.41, 5.74) is 5.33. The molecule has 114 valence electrons. The van der Waals surface area contributed by atoms with Gasteiger partial charge in [0.25, 0.3) is 10.0 Å². The summed E-state index contributed by atoms with van der Waals surface area (Å²) in [6.07, 6.45) is 3.11. The predicted octanol–water partition coefficient (Wildman–Crippen LogP) is 0.938. The van der Waals surface area contributed by atoms with Crippen LogP contribution in [-0.2, 0) is 16.6 Å². The summed E-state index contributed by atoms with van der Waals surface area (Å²) >= 11 is 0. The first kappa shape index (κ1) is 16.6. The number of rotatable bonds is 8. The molecule has 0 amide bonds. The molecule has 0 fully saturated rings. The van der Waals surface area contributed by atoms with Gasteiger partial charge in [0.2, 0.25) is 0 Å². The largest absolute Gasteiger partial charge is 0.387 e. The fourth-order valence-electron chi connectivity index (χ4n) is 1.93. The van der Waals surface area contributed by atoms with Crippen LogP contribution in [0.3, 0.4) is 0 Å². The third kappa shape index (κ3) is 3.80. The summed E-state index contributed by atoms with van der Waals surface area (Å²) in [5, 5.41) is 7.33. The number of hydrogen-bond acceptors (Lipinski definition) is 4. The fraction of sp³-hybridized carbons (Fsp3) is 0.667. The zero-order valence-corrected chi connectivity index (χ0v) is 13.1. The maximum Gasteiger partial charge on any atom is 0.262 e. The molecule has 0 spiro atoms. The van der Waals surface area contributed by atoms with Crippen LogP contribution in [0.4, 0.5) is 0 Å². The van der Waals surface area contributed by atoms with E-state index in [4.69, 9.17) is 11.1 Å². The van der Waals surface area contributed by atoms with Gasteiger partial charge in [-0.2, -0.15) is 4.31 Å². The molecule has 0 radical (unpaired) electrons. The van der Waals surface area contributed by atoms with Crippen LogP contribution >= 0.6 is 0 Å². The Morgan fingerprint density at radius 3 is 2.60 bits per heavy atom. The number of aromatic nitrogens is 2. The SMILES string of the molecule is CCCN(CC(=N)N)S(=O)(=O)c1cn(CCC)c(C)n1. The van der Waals surface area contributed by atoms with Crippen molar-refractivity contribution in [3.63, 3.8) is 0 Å². The van der Waals surface area contributed by atoms with Crippen molar-refractivity contribution in [2.75, 3.05) is 13.1 Å². The molecule has 1 heterocycles. The number of imidazole rings is 1. The van der Waals surface area contributed by atoms with E-state index >= 15 is 0 Å². The lowest BCUT2D eigenvalue weighted by atomic mass is 10.4. The molecular formula is C12H23N5O2S. The van der Waals surface area contributed by atoms with Crippen molar-refractivity contribution in [1.82, 2.24) is 13.9 Å². The highest BCUT2D eigenvalue weighted by molar-refractivity contribution is 7.89. The number of nitrogens with one attached hydrogen (secondary N) is 1. The zero-order chi connectivity index (χ0) is 15.3. The van der Waals surface area contributed by atoms with Crippen LogP contribution in [0, 0.1) is 12.3 Å². The van der Waals surface area contributed by atoms with Gasteiger partial charge < -0.3 is 10.3 Å². The standard InChI is InChI=1S/C12H23N5O2S/c1-4-6-16-9-12(15-10(16)3)20(18,19)17(7-5-2)8-11(13)14/h9H,4-8H2,1-3H3,(H3,13,14). The second-order valence-corrected chi connectivity index (χ2v) is 6.57. The van der Waals surface area contributed by atoms with E-state index in [1.54, 1.807) is 13.1 Å². The van der Waals surface area contributed by atoms with Crippen LogP contribution in [-0.4, -0.2) is 41.2 Å². The molecule has 1 aromatic heterocycles. The Bertz CT molecular complexity index is 564. The highest BCUT2D eigenvalue weighted by Crippen LogP contribution is 2.16. The van der Waals surface area contributed by atoms with Crippen molar-refractivity contribution >= 4 is 15.9 Å². The molecule has 0 saturated heterocycles. The van der Waals surface area contributed by atoms with Gasteiger partial charge in [0.05, 0.1) is 6.54 Å². The first-order valence-electron chi connectivity index (χ1n) is 6.69. The van der Waals surface area contributed by atoms with Crippen molar-refractivity contribution in [2.45, 2.75) is 45.2 Å². The Morgan fingerprint density at radius 1 is 1.45 bits per heavy atom. The topological polar surface area (TPSA) is 105 Å². The van der Waals surface area contributed by atoms with Crippen LogP contribution in [0.5, 0.6) is 0 Å². The quantitative estimate of drug-likeness (QED) is 0.550. The van der Waals surface area contributed by atoms with Gasteiger partial charge in [0.1, 0.15) is 11.7 Å². The van der Waals surface area contributed by atoms with E-state index in [9.17, 15) is 8.42 Å². The summed E-state index contributed by atoms with van der Waals surface area (Å²) in [7, 11) is -3.70. The van der Waals surface area contributed by atoms with Crippen LogP contribution in [0.1, 0.15) is 32.5 Å². The number of sulfonamides is 1. The third-order valence-corrected chi connectivity index (χ3v) is 4.56. The Balaban J connectivity index is 3.12. The number of aryl methyl sites for hydroxylation is 2. The van der Waals surface area contributed by atoms with E-state index in [0.29, 0.717) is 18.8 Å². The van der Waals surface area contributed by atoms with E-state index < -0.39 is 10.0 Å². The van der Waals surface area contributed by atoms with E-state index in [-0.39, 0.29) is 17.4 Å². The first-order valence-corrected chi connectivity index (χ1v) is 8.13. The van der Waals surface area contributed by atoms with Crippen molar-refractivity contribution in [2.24, 2.45) is 5.73 Å². The smallest absolute Gasteiger partial charge is 0.262 e. The average molecular weight is 301 g/mol. The van der Waals surface area contributed by atoms with E-state index in [2.05, 4.69) is 4.98 Å². The van der Waals surface area contributed by atoms with Gasteiger partial charge in [-0.1, -0.05) is 13.8 Å². The molecule has 0 aliphatic carbocycles. The molecular weight excluding hydrogens is 278 g/mol. The molecule has 1 aromatic rings. The Labute approximate surface area is 120 Å². The Hall–Kier alpha value is -1.41. The van der Waals surface area contributed by atoms with Gasteiger partial charge in [-0.05, 0) is 19.8 Å². The molecule has 20 heavy (non-hydrogen) atoms. The summed E-state index contributed by atoms with van der Waals surface area (Å²) in [4.78, 5) is 4.13. The summed E-state index contributed by atoms with van der Waals surface area (Å²) in [6, 6.07) is 0. The molecule has 0 unspecified atom stereocenters. The molecule has 3 N–H and O–H groups in total. The third-order valence-electron chi connectivity index (χ3n) is 2.84. The lowest BCUT2D eigenvalue weighted by molar-refractivity contribution is 0.445. The minimum atomic E-state index is -3.70. The normalized spacial score (nSPS) is 12.0. The maximum absolute atomic E-state index is 12.5. The van der Waals surface area contributed by atoms with Crippen LogP contribution in [0.15, 0.2) is 11.2 Å². The molecule has 0 aliphatic heterocycles. The van der Waals surface area contributed by atoms with E-state index in [1.807, 2.05) is 18.4 Å². The summed E-state index contributed by atoms with van der Waals surface area (Å²) in [6.45, 7) is 6.63. The number of hydrogen-bond donors (Lipinski definition) is 2. The average Bonchev–Trinajstić information content (AvgIpc) is 2.71. The van der Waals surface area contributed by atoms with Crippen LogP contribution < -0.4 is 5.73 Å². The van der Waals surface area contributed by atoms with Crippen molar-refractivity contribution in [1.29, 1.82) is 5.41 Å². The molecule has 0 saturated carbocycles. The number of nitrogens with two attached hydrogens (primary N) is 1. The summed E-state index contributed by atoms with van der Waals surface area (Å²) < 4.78 is 28.1. The van der Waals surface area contributed by atoms with Crippen molar-refractivity contribution < 1.29 is 8.42 Å². The van der Waals surface area contributed by atoms with Gasteiger partial charge in [0.15, 0.2) is 5.03 Å². The summed E-state index contributed by atoms with van der Waals surface area (Å²) in [5.74, 6) is 0.497. The van der Waals surface area contributed by atoms with Gasteiger partial charge in [-0.3, -0.25) is 5.41 Å². The zero-order valence-electron chi connectivity index (χ0n) is 12.3. The predicted molar refractivity (Wildman–Crippen MR) is 78.2 cm³/mol. The highest BCUT2D eigenvalue weighted by Gasteiger charge is 2.27. The molecule has 8 heteroatoms. The van der Waals surface area contributed by atoms with Crippen LogP contribution in [0.25, 0.3) is 0 Å². The minimum absolute atomic E-state index is 0.0261. The number of nitrogens with zero attached hydrogens (tertiary/aromatic N) is 3. The molecule has 0 bridgehead atoms. The molecule has 1 rings (SSSR count). The lowest BCUT2D eigenvalue weighted by Crippen LogP contribution is -2.38. The molecule has 0 aromatic carbocycles. The monoisotopic (exact) mass is 301 g/mol. The van der Waals surface area contributed by atoms with Crippen LogP contribution in [0.2, 0.25) is 0 Å². The Morgan fingerprint density at radius 2 is 2.10 bits per heavy atom. The fourth-order valence-corrected chi connectivity index (χ4v) is 3.43. The van der Waals surface area contributed by atoms with Crippen molar-refractivity contribution in [3.05, 3.63) is 12.0 Å².